The fourth-order valence-corrected chi connectivity index (χ4v) is 3.94. The van der Waals surface area contributed by atoms with Crippen LogP contribution in [0.25, 0.3) is 6.08 Å². The summed E-state index contributed by atoms with van der Waals surface area (Å²) in [5.41, 5.74) is 5.57. The highest BCUT2D eigenvalue weighted by molar-refractivity contribution is 6.31. The lowest BCUT2D eigenvalue weighted by atomic mass is 10.0. The van der Waals surface area contributed by atoms with E-state index in [1.54, 1.807) is 43.5 Å². The molecule has 0 saturated heterocycles. The normalized spacial score (nSPS) is 10.9. The van der Waals surface area contributed by atoms with Gasteiger partial charge in [0.15, 0.2) is 11.5 Å². The van der Waals surface area contributed by atoms with E-state index in [9.17, 15) is 10.1 Å². The van der Waals surface area contributed by atoms with Gasteiger partial charge >= 0.3 is 0 Å². The van der Waals surface area contributed by atoms with Crippen molar-refractivity contribution in [1.82, 2.24) is 0 Å². The van der Waals surface area contributed by atoms with Gasteiger partial charge in [-0.3, -0.25) is 4.79 Å². The molecule has 0 aliphatic rings. The molecule has 0 spiro atoms. The molecule has 35 heavy (non-hydrogen) atoms. The number of hydrogen-bond donors (Lipinski definition) is 1. The van der Waals surface area contributed by atoms with Crippen molar-refractivity contribution in [3.63, 3.8) is 0 Å². The van der Waals surface area contributed by atoms with Crippen LogP contribution in [0.5, 0.6) is 17.2 Å². The third kappa shape index (κ3) is 6.34. The number of hydrogen-bond acceptors (Lipinski definition) is 5. The maximum Gasteiger partial charge on any atom is 0.266 e. The second-order valence-electron chi connectivity index (χ2n) is 8.04. The summed E-state index contributed by atoms with van der Waals surface area (Å²) in [6.45, 7) is 6.60. The highest BCUT2D eigenvalue weighted by Gasteiger charge is 2.14. The fourth-order valence-electron chi connectivity index (χ4n) is 3.76. The Morgan fingerprint density at radius 1 is 0.971 bits per heavy atom. The topological polar surface area (TPSA) is 80.6 Å². The zero-order valence-electron chi connectivity index (χ0n) is 20.4. The SMILES string of the molecule is COc1ccc(Cl)cc1NC(=O)/C(C#N)=C/c1ccc(OCc2c(C)cc(C)cc2C)c(OC)c1. The number of methoxy groups -OCH3 is 2. The van der Waals surface area contributed by atoms with Crippen LogP contribution in [0.2, 0.25) is 5.02 Å². The molecule has 6 nitrogen and oxygen atoms in total. The average molecular weight is 491 g/mol. The Kier molecular flexibility index (Phi) is 8.40. The van der Waals surface area contributed by atoms with Crippen LogP contribution >= 0.6 is 11.6 Å². The Morgan fingerprint density at radius 2 is 1.63 bits per heavy atom. The smallest absolute Gasteiger partial charge is 0.266 e. The number of nitrogens with zero attached hydrogens (tertiary/aromatic N) is 1. The first-order valence-electron chi connectivity index (χ1n) is 10.9. The van der Waals surface area contributed by atoms with E-state index in [-0.39, 0.29) is 5.57 Å². The van der Waals surface area contributed by atoms with Crippen molar-refractivity contribution >= 4 is 29.3 Å². The minimum absolute atomic E-state index is 0.0892. The van der Waals surface area contributed by atoms with Crippen molar-refractivity contribution < 1.29 is 19.0 Å². The minimum atomic E-state index is -0.585. The molecule has 1 amide bonds. The molecule has 0 aliphatic heterocycles. The van der Waals surface area contributed by atoms with Gasteiger partial charge in [-0.05, 0) is 79.4 Å². The molecule has 0 aliphatic carbocycles. The Morgan fingerprint density at radius 3 is 2.26 bits per heavy atom. The highest BCUT2D eigenvalue weighted by Crippen LogP contribution is 2.31. The van der Waals surface area contributed by atoms with E-state index >= 15 is 0 Å². The first-order valence-corrected chi connectivity index (χ1v) is 11.3. The van der Waals surface area contributed by atoms with Crippen LogP contribution in [0.4, 0.5) is 5.69 Å². The van der Waals surface area contributed by atoms with Gasteiger partial charge in [0, 0.05) is 5.02 Å². The summed E-state index contributed by atoms with van der Waals surface area (Å²) in [5.74, 6) is 0.908. The molecule has 0 unspecified atom stereocenters. The van der Waals surface area contributed by atoms with Gasteiger partial charge in [-0.1, -0.05) is 35.4 Å². The van der Waals surface area contributed by atoms with Crippen LogP contribution in [0.15, 0.2) is 54.1 Å². The van der Waals surface area contributed by atoms with Crippen LogP contribution < -0.4 is 19.5 Å². The number of rotatable bonds is 8. The summed E-state index contributed by atoms with van der Waals surface area (Å²) >= 11 is 6.03. The predicted octanol–water partition coefficient (Wildman–Crippen LogP) is 6.41. The van der Waals surface area contributed by atoms with Gasteiger partial charge in [-0.25, -0.2) is 0 Å². The van der Waals surface area contributed by atoms with E-state index in [4.69, 9.17) is 25.8 Å². The summed E-state index contributed by atoms with van der Waals surface area (Å²) in [6, 6.07) is 16.3. The van der Waals surface area contributed by atoms with Crippen molar-refractivity contribution in [3.8, 4) is 23.3 Å². The molecule has 0 atom stereocenters. The van der Waals surface area contributed by atoms with Crippen molar-refractivity contribution in [1.29, 1.82) is 5.26 Å². The Balaban J connectivity index is 1.81. The monoisotopic (exact) mass is 490 g/mol. The third-order valence-electron chi connectivity index (χ3n) is 5.49. The van der Waals surface area contributed by atoms with Gasteiger partial charge < -0.3 is 19.5 Å². The van der Waals surface area contributed by atoms with Crippen molar-refractivity contribution in [2.45, 2.75) is 27.4 Å². The molecule has 0 heterocycles. The average Bonchev–Trinajstić information content (AvgIpc) is 2.82. The number of carbonyl (C=O) groups is 1. The molecule has 1 N–H and O–H groups in total. The van der Waals surface area contributed by atoms with Gasteiger partial charge in [0.25, 0.3) is 5.91 Å². The summed E-state index contributed by atoms with van der Waals surface area (Å²) in [5, 5.41) is 12.7. The number of amides is 1. The Bertz CT molecular complexity index is 1300. The molecule has 0 aromatic heterocycles. The Hall–Kier alpha value is -3.95. The van der Waals surface area contributed by atoms with Gasteiger partial charge in [0.05, 0.1) is 19.9 Å². The fraction of sp³-hybridized carbons (Fsp3) is 0.214. The first-order chi connectivity index (χ1) is 16.7. The van der Waals surface area contributed by atoms with E-state index in [1.807, 2.05) is 6.07 Å². The van der Waals surface area contributed by atoms with Gasteiger partial charge in [-0.2, -0.15) is 5.26 Å². The quantitative estimate of drug-likeness (QED) is 0.291. The largest absolute Gasteiger partial charge is 0.495 e. The summed E-state index contributed by atoms with van der Waals surface area (Å²) in [7, 11) is 3.03. The number of aryl methyl sites for hydroxylation is 3. The first kappa shape index (κ1) is 25.7. The van der Waals surface area contributed by atoms with E-state index in [0.717, 1.165) is 5.56 Å². The molecule has 7 heteroatoms. The van der Waals surface area contributed by atoms with Crippen LogP contribution in [0.1, 0.15) is 27.8 Å². The Labute approximate surface area is 210 Å². The van der Waals surface area contributed by atoms with E-state index in [2.05, 4.69) is 38.2 Å². The van der Waals surface area contributed by atoms with Crippen LogP contribution in [-0.4, -0.2) is 20.1 Å². The molecule has 3 aromatic carbocycles. The number of nitrogens with one attached hydrogen (secondary N) is 1. The number of anilines is 1. The summed E-state index contributed by atoms with van der Waals surface area (Å²) in [4.78, 5) is 12.7. The number of carbonyl (C=O) groups excluding carboxylic acids is 1. The highest BCUT2D eigenvalue weighted by atomic mass is 35.5. The minimum Gasteiger partial charge on any atom is -0.495 e. The molecule has 0 saturated carbocycles. The lowest BCUT2D eigenvalue weighted by molar-refractivity contribution is -0.112. The van der Waals surface area contributed by atoms with Crippen molar-refractivity contribution in [2.75, 3.05) is 19.5 Å². The molecule has 3 rings (SSSR count). The summed E-state index contributed by atoms with van der Waals surface area (Å²) < 4.78 is 16.8. The maximum atomic E-state index is 12.7. The second-order valence-corrected chi connectivity index (χ2v) is 8.48. The van der Waals surface area contributed by atoms with Gasteiger partial charge in [0.1, 0.15) is 24.0 Å². The number of halogens is 1. The number of benzene rings is 3. The summed E-state index contributed by atoms with van der Waals surface area (Å²) in [6.07, 6.45) is 1.48. The van der Waals surface area contributed by atoms with E-state index in [1.165, 1.54) is 29.9 Å². The molecular formula is C28H27ClN2O4. The van der Waals surface area contributed by atoms with E-state index < -0.39 is 5.91 Å². The van der Waals surface area contributed by atoms with Gasteiger partial charge in [-0.15, -0.1) is 0 Å². The van der Waals surface area contributed by atoms with Crippen molar-refractivity contribution in [2.24, 2.45) is 0 Å². The molecular weight excluding hydrogens is 464 g/mol. The number of ether oxygens (including phenoxy) is 3. The molecule has 180 valence electrons. The molecule has 0 bridgehead atoms. The van der Waals surface area contributed by atoms with Crippen LogP contribution in [0, 0.1) is 32.1 Å². The molecule has 0 fully saturated rings. The standard InChI is InChI=1S/C28H27ClN2O4/c1-17-10-18(2)23(19(3)11-17)16-35-26-8-6-20(13-27(26)34-5)12-21(15-30)28(32)31-24-14-22(29)7-9-25(24)33-4/h6-14H,16H2,1-5H3,(H,31,32)/b21-12+. The lowest BCUT2D eigenvalue weighted by Crippen LogP contribution is -2.14. The zero-order chi connectivity index (χ0) is 25.5. The predicted molar refractivity (Wildman–Crippen MR) is 138 cm³/mol. The van der Waals surface area contributed by atoms with Crippen LogP contribution in [-0.2, 0) is 11.4 Å². The number of nitriles is 1. The molecule has 0 radical (unpaired) electrons. The van der Waals surface area contributed by atoms with Crippen molar-refractivity contribution in [3.05, 3.63) is 86.9 Å². The molecule has 3 aromatic rings. The van der Waals surface area contributed by atoms with E-state index in [0.29, 0.717) is 40.1 Å². The van der Waals surface area contributed by atoms with Gasteiger partial charge in [0.2, 0.25) is 0 Å². The lowest BCUT2D eigenvalue weighted by Gasteiger charge is -2.15. The second kappa shape index (κ2) is 11.5. The zero-order valence-corrected chi connectivity index (χ0v) is 21.1. The third-order valence-corrected chi connectivity index (χ3v) is 5.72. The maximum absolute atomic E-state index is 12.7. The van der Waals surface area contributed by atoms with Crippen LogP contribution in [0.3, 0.4) is 0 Å².